The number of carbonyl (C=O) groups excluding carboxylic acids is 1. The molecule has 0 N–H and O–H groups in total. The second-order valence-electron chi connectivity index (χ2n) is 1.03. The molecule has 0 saturated carbocycles. The minimum atomic E-state index is -0.332. The van der Waals surface area contributed by atoms with Gasteiger partial charge in [-0.25, -0.2) is 0 Å². The van der Waals surface area contributed by atoms with Gasteiger partial charge in [-0.3, -0.25) is 0 Å². The molecule has 0 heterocycles. The van der Waals surface area contributed by atoms with Crippen molar-refractivity contribution >= 4 is 17.7 Å². The molecule has 0 atom stereocenters. The van der Waals surface area contributed by atoms with Crippen molar-refractivity contribution in [1.29, 1.82) is 5.26 Å². The molecule has 0 unspecified atom stereocenters. The van der Waals surface area contributed by atoms with Gasteiger partial charge in [-0.2, -0.15) is 5.26 Å². The third kappa shape index (κ3) is 5.38. The lowest BCUT2D eigenvalue weighted by Crippen LogP contribution is -1.87. The molecule has 0 aromatic heterocycles. The third-order valence-corrected chi connectivity index (χ3v) is 0.645. The number of rotatable bonds is 2. The number of hydrogen-bond acceptors (Lipinski definition) is 3. The largest absolute Gasteiger partial charge is 0.742 e. The number of carbonyl (C=O) groups is 1. The molecule has 0 radical (unpaired) electrons. The van der Waals surface area contributed by atoms with Gasteiger partial charge in [0.1, 0.15) is 0 Å². The zero-order valence-corrected chi connectivity index (χ0v) is 4.49. The zero-order chi connectivity index (χ0) is 5.70. The highest BCUT2D eigenvalue weighted by atomic mass is 32.1. The van der Waals surface area contributed by atoms with Gasteiger partial charge in [-0.05, 0) is 6.42 Å². The minimum absolute atomic E-state index is 0.214. The van der Waals surface area contributed by atoms with Crippen molar-refractivity contribution in [3.05, 3.63) is 0 Å². The van der Waals surface area contributed by atoms with Crippen molar-refractivity contribution in [1.82, 2.24) is 0 Å². The Bertz CT molecular complexity index is 105. The first-order chi connectivity index (χ1) is 3.27. The molecule has 0 aromatic carbocycles. The van der Waals surface area contributed by atoms with Crippen molar-refractivity contribution in [3.8, 4) is 6.07 Å². The van der Waals surface area contributed by atoms with Gasteiger partial charge < -0.3 is 17.4 Å². The Kier molecular flexibility index (Phi) is 3.25. The molecule has 0 spiro atoms. The lowest BCUT2D eigenvalue weighted by Gasteiger charge is -1.94. The van der Waals surface area contributed by atoms with Gasteiger partial charge >= 0.3 is 0 Å². The maximum absolute atomic E-state index is 9.87. The second kappa shape index (κ2) is 3.57. The van der Waals surface area contributed by atoms with E-state index in [-0.39, 0.29) is 18.0 Å². The van der Waals surface area contributed by atoms with Crippen LogP contribution in [-0.2, 0) is 17.4 Å². The first kappa shape index (κ1) is 6.38. The van der Waals surface area contributed by atoms with E-state index in [9.17, 15) is 4.79 Å². The van der Waals surface area contributed by atoms with Crippen LogP contribution in [0, 0.1) is 11.3 Å². The van der Waals surface area contributed by atoms with Gasteiger partial charge in [0.25, 0.3) is 0 Å². The Morgan fingerprint density at radius 1 is 1.86 bits per heavy atom. The van der Waals surface area contributed by atoms with Gasteiger partial charge in [-0.1, -0.05) is 0 Å². The van der Waals surface area contributed by atoms with Gasteiger partial charge in [0, 0.05) is 11.5 Å². The van der Waals surface area contributed by atoms with Crippen molar-refractivity contribution in [2.45, 2.75) is 12.8 Å². The molecule has 2 nitrogen and oxygen atoms in total. The maximum atomic E-state index is 9.87. The molecule has 0 aromatic rings. The normalized spacial score (nSPS) is 7.29. The summed E-state index contributed by atoms with van der Waals surface area (Å²) in [6.07, 6.45) is 0.466. The average molecular weight is 114 g/mol. The Hall–Kier alpha value is -0.620. The average Bonchev–Trinajstić information content (AvgIpc) is 1.61. The second-order valence-corrected chi connectivity index (χ2v) is 1.49. The van der Waals surface area contributed by atoms with E-state index in [4.69, 9.17) is 5.26 Å². The molecular formula is C4H4NOS-. The predicted molar refractivity (Wildman–Crippen MR) is 27.2 cm³/mol. The molecule has 0 aliphatic heterocycles. The van der Waals surface area contributed by atoms with E-state index in [1.807, 2.05) is 6.07 Å². The van der Waals surface area contributed by atoms with Crippen LogP contribution in [0.15, 0.2) is 0 Å². The van der Waals surface area contributed by atoms with Crippen LogP contribution in [0.3, 0.4) is 0 Å². The minimum Gasteiger partial charge on any atom is -0.742 e. The summed E-state index contributed by atoms with van der Waals surface area (Å²) in [6.45, 7) is 0. The summed E-state index contributed by atoms with van der Waals surface area (Å²) in [5.74, 6) is 0. The van der Waals surface area contributed by atoms with E-state index in [2.05, 4.69) is 12.6 Å². The number of hydrogen-bond donors (Lipinski definition) is 0. The molecule has 0 saturated heterocycles. The molecule has 0 fully saturated rings. The summed E-state index contributed by atoms with van der Waals surface area (Å²) in [5, 5.41) is 7.53. The molecule has 7 heavy (non-hydrogen) atoms. The smallest absolute Gasteiger partial charge is 0.0625 e. The molecule has 3 heteroatoms. The fraction of sp³-hybridized carbons (Fsp3) is 0.500. The summed E-state index contributed by atoms with van der Waals surface area (Å²) in [7, 11) is 0. The Balaban J connectivity index is 3.02. The van der Waals surface area contributed by atoms with Crippen LogP contribution in [0.1, 0.15) is 12.8 Å². The molecule has 0 rings (SSSR count). The van der Waals surface area contributed by atoms with E-state index < -0.39 is 0 Å². The van der Waals surface area contributed by atoms with Gasteiger partial charge in [0.05, 0.1) is 6.07 Å². The van der Waals surface area contributed by atoms with Crippen LogP contribution < -0.4 is 0 Å². The Labute approximate surface area is 47.5 Å². The van der Waals surface area contributed by atoms with E-state index in [0.29, 0.717) is 0 Å². The summed E-state index contributed by atoms with van der Waals surface area (Å²) >= 11 is 4.15. The summed E-state index contributed by atoms with van der Waals surface area (Å²) in [4.78, 5) is 9.87. The fourth-order valence-electron chi connectivity index (χ4n) is 0.158. The van der Waals surface area contributed by atoms with Crippen LogP contribution in [0.25, 0.3) is 0 Å². The Morgan fingerprint density at radius 3 is 2.57 bits per heavy atom. The highest BCUT2D eigenvalue weighted by Gasteiger charge is 1.79. The van der Waals surface area contributed by atoms with Crippen molar-refractivity contribution in [2.24, 2.45) is 0 Å². The first-order valence-corrected chi connectivity index (χ1v) is 2.25. The quantitative estimate of drug-likeness (QED) is 0.487. The SMILES string of the molecule is N#CCCC(=O)[S-]. The summed E-state index contributed by atoms with van der Waals surface area (Å²) in [6, 6.07) is 1.81. The maximum Gasteiger partial charge on any atom is 0.0625 e. The van der Waals surface area contributed by atoms with Crippen molar-refractivity contribution in [2.75, 3.05) is 0 Å². The van der Waals surface area contributed by atoms with Crippen LogP contribution in [-0.4, -0.2) is 5.12 Å². The highest BCUT2D eigenvalue weighted by Crippen LogP contribution is 1.83. The van der Waals surface area contributed by atoms with Crippen molar-refractivity contribution < 1.29 is 4.79 Å². The number of nitriles is 1. The van der Waals surface area contributed by atoms with Crippen LogP contribution in [0.4, 0.5) is 0 Å². The lowest BCUT2D eigenvalue weighted by molar-refractivity contribution is -0.110. The monoisotopic (exact) mass is 114 g/mol. The first-order valence-electron chi connectivity index (χ1n) is 1.84. The molecule has 0 aliphatic carbocycles. The fourth-order valence-corrected chi connectivity index (χ4v) is 0.260. The van der Waals surface area contributed by atoms with E-state index in [0.717, 1.165) is 0 Å². The van der Waals surface area contributed by atoms with Gasteiger partial charge in [0.15, 0.2) is 0 Å². The highest BCUT2D eigenvalue weighted by molar-refractivity contribution is 7.77. The van der Waals surface area contributed by atoms with E-state index >= 15 is 0 Å². The zero-order valence-electron chi connectivity index (χ0n) is 3.68. The molecule has 0 bridgehead atoms. The molecular weight excluding hydrogens is 110 g/mol. The van der Waals surface area contributed by atoms with Crippen LogP contribution in [0.5, 0.6) is 0 Å². The molecule has 38 valence electrons. The van der Waals surface area contributed by atoms with Gasteiger partial charge in [-0.15, -0.1) is 0 Å². The molecule has 0 aliphatic rings. The standard InChI is InChI=1S/C4H5NOS/c5-3-1-2-4(6)7/h1-2H2,(H,6,7)/p-1. The Morgan fingerprint density at radius 2 is 2.43 bits per heavy atom. The summed E-state index contributed by atoms with van der Waals surface area (Å²) < 4.78 is 0. The van der Waals surface area contributed by atoms with E-state index in [1.165, 1.54) is 0 Å². The number of nitrogens with zero attached hydrogens (tertiary/aromatic N) is 1. The molecule has 0 amide bonds. The third-order valence-electron chi connectivity index (χ3n) is 0.441. The van der Waals surface area contributed by atoms with Crippen LogP contribution >= 0.6 is 0 Å². The summed E-state index contributed by atoms with van der Waals surface area (Å²) in [5.41, 5.74) is 0. The predicted octanol–water partition coefficient (Wildman–Crippen LogP) is 0.364. The lowest BCUT2D eigenvalue weighted by atomic mass is 10.4. The van der Waals surface area contributed by atoms with Gasteiger partial charge in [0.2, 0.25) is 0 Å². The van der Waals surface area contributed by atoms with Crippen molar-refractivity contribution in [3.63, 3.8) is 0 Å². The van der Waals surface area contributed by atoms with E-state index in [1.54, 1.807) is 0 Å². The van der Waals surface area contributed by atoms with Crippen LogP contribution in [0.2, 0.25) is 0 Å². The topological polar surface area (TPSA) is 40.9 Å².